The fraction of sp³-hybridized carbons (Fsp3) is 0.533. The van der Waals surface area contributed by atoms with Crippen LogP contribution >= 0.6 is 11.6 Å². The summed E-state index contributed by atoms with van der Waals surface area (Å²) in [6.45, 7) is 4.85. The molecule has 1 atom stereocenters. The molecule has 1 aromatic carbocycles. The average molecular weight is 314 g/mol. The Hall–Kier alpha value is -1.30. The summed E-state index contributed by atoms with van der Waals surface area (Å²) in [5.74, 6) is 0.440. The van der Waals surface area contributed by atoms with Gasteiger partial charge < -0.3 is 14.2 Å². The number of hydrogen-bond acceptors (Lipinski definition) is 5. The molecule has 2 rings (SSSR count). The quantitative estimate of drug-likeness (QED) is 0.752. The lowest BCUT2D eigenvalue weighted by Gasteiger charge is -2.32. The van der Waals surface area contributed by atoms with Gasteiger partial charge in [-0.3, -0.25) is 9.69 Å². The number of esters is 1. The van der Waals surface area contributed by atoms with Crippen LogP contribution in [0, 0.1) is 0 Å². The third kappa shape index (κ3) is 5.19. The third-order valence-corrected chi connectivity index (χ3v) is 3.45. The highest BCUT2D eigenvalue weighted by Crippen LogP contribution is 2.23. The first-order valence-corrected chi connectivity index (χ1v) is 7.43. The van der Waals surface area contributed by atoms with E-state index in [1.165, 1.54) is 0 Å². The van der Waals surface area contributed by atoms with Gasteiger partial charge in [-0.15, -0.1) is 0 Å². The van der Waals surface area contributed by atoms with Crippen molar-refractivity contribution in [3.05, 3.63) is 29.3 Å². The van der Waals surface area contributed by atoms with Gasteiger partial charge in [0.25, 0.3) is 0 Å². The summed E-state index contributed by atoms with van der Waals surface area (Å²) >= 11 is 6.04. The Morgan fingerprint density at radius 1 is 1.48 bits per heavy atom. The van der Waals surface area contributed by atoms with Gasteiger partial charge in [0.05, 0.1) is 24.8 Å². The number of carbonyl (C=O) groups excluding carboxylic acids is 1. The van der Waals surface area contributed by atoms with Gasteiger partial charge in [-0.05, 0) is 19.1 Å². The zero-order valence-corrected chi connectivity index (χ0v) is 12.8. The minimum absolute atomic E-state index is 0.0792. The lowest BCUT2D eigenvalue weighted by atomic mass is 10.3. The van der Waals surface area contributed by atoms with E-state index in [2.05, 4.69) is 0 Å². The molecular formula is C15H20ClNO4. The Kier molecular flexibility index (Phi) is 6.29. The summed E-state index contributed by atoms with van der Waals surface area (Å²) in [6.07, 6.45) is -0.0792. The summed E-state index contributed by atoms with van der Waals surface area (Å²) in [6, 6.07) is 7.33. The van der Waals surface area contributed by atoms with E-state index in [1.807, 2.05) is 23.1 Å². The van der Waals surface area contributed by atoms with Gasteiger partial charge in [0.15, 0.2) is 0 Å². The van der Waals surface area contributed by atoms with Crippen LogP contribution in [0.25, 0.3) is 0 Å². The summed E-state index contributed by atoms with van der Waals surface area (Å²) in [5, 5.41) is 0.580. The number of benzene rings is 1. The van der Waals surface area contributed by atoms with Crippen LogP contribution in [0.4, 0.5) is 0 Å². The van der Waals surface area contributed by atoms with E-state index < -0.39 is 0 Å². The molecule has 116 valence electrons. The Bertz CT molecular complexity index is 469. The number of rotatable bonds is 6. The van der Waals surface area contributed by atoms with Crippen molar-refractivity contribution in [3.63, 3.8) is 0 Å². The molecule has 1 fully saturated rings. The summed E-state index contributed by atoms with van der Waals surface area (Å²) in [7, 11) is 0. The van der Waals surface area contributed by atoms with Crippen LogP contribution in [0.2, 0.25) is 5.02 Å². The van der Waals surface area contributed by atoms with Gasteiger partial charge in [0, 0.05) is 13.1 Å². The molecule has 1 aliphatic heterocycles. The molecule has 0 aliphatic carbocycles. The fourth-order valence-electron chi connectivity index (χ4n) is 2.16. The van der Waals surface area contributed by atoms with Gasteiger partial charge in [-0.2, -0.15) is 0 Å². The highest BCUT2D eigenvalue weighted by Gasteiger charge is 2.23. The molecule has 0 aromatic heterocycles. The number of halogens is 1. The van der Waals surface area contributed by atoms with E-state index in [0.717, 1.165) is 6.54 Å². The molecule has 1 aromatic rings. The number of hydrogen-bond donors (Lipinski definition) is 0. The van der Waals surface area contributed by atoms with Gasteiger partial charge in [-0.25, -0.2) is 0 Å². The van der Waals surface area contributed by atoms with E-state index in [4.69, 9.17) is 25.8 Å². The summed E-state index contributed by atoms with van der Waals surface area (Å²) in [5.41, 5.74) is 0. The molecule has 6 heteroatoms. The maximum absolute atomic E-state index is 11.5. The Morgan fingerprint density at radius 2 is 2.29 bits per heavy atom. The molecule has 0 radical (unpaired) electrons. The first-order chi connectivity index (χ1) is 10.2. The minimum Gasteiger partial charge on any atom is -0.489 e. The zero-order valence-electron chi connectivity index (χ0n) is 12.1. The number of carbonyl (C=O) groups is 1. The van der Waals surface area contributed by atoms with E-state index >= 15 is 0 Å². The SMILES string of the molecule is CCOC(=O)CN1CCO[C@@H](COc2ccccc2Cl)C1. The molecule has 0 saturated carbocycles. The van der Waals surface area contributed by atoms with Crippen molar-refractivity contribution >= 4 is 17.6 Å². The van der Waals surface area contributed by atoms with Crippen molar-refractivity contribution in [1.29, 1.82) is 0 Å². The second kappa shape index (κ2) is 8.22. The minimum atomic E-state index is -0.204. The molecule has 1 heterocycles. The second-order valence-corrected chi connectivity index (χ2v) is 5.18. The molecule has 21 heavy (non-hydrogen) atoms. The van der Waals surface area contributed by atoms with Crippen LogP contribution in [-0.2, 0) is 14.3 Å². The number of para-hydroxylation sites is 1. The number of ether oxygens (including phenoxy) is 3. The van der Waals surface area contributed by atoms with Crippen LogP contribution < -0.4 is 4.74 Å². The molecule has 0 unspecified atom stereocenters. The average Bonchev–Trinajstić information content (AvgIpc) is 2.47. The predicted octanol–water partition coefficient (Wildman–Crippen LogP) is 1.98. The van der Waals surface area contributed by atoms with Crippen molar-refractivity contribution in [1.82, 2.24) is 4.90 Å². The van der Waals surface area contributed by atoms with Crippen LogP contribution in [0.3, 0.4) is 0 Å². The van der Waals surface area contributed by atoms with Gasteiger partial charge in [-0.1, -0.05) is 23.7 Å². The molecule has 1 aliphatic rings. The highest BCUT2D eigenvalue weighted by atomic mass is 35.5. The Morgan fingerprint density at radius 3 is 3.05 bits per heavy atom. The van der Waals surface area contributed by atoms with Crippen LogP contribution in [-0.4, -0.2) is 56.4 Å². The normalized spacial score (nSPS) is 19.2. The first-order valence-electron chi connectivity index (χ1n) is 7.06. The molecule has 0 bridgehead atoms. The van der Waals surface area contributed by atoms with E-state index in [-0.39, 0.29) is 12.1 Å². The maximum atomic E-state index is 11.5. The third-order valence-electron chi connectivity index (χ3n) is 3.14. The van der Waals surface area contributed by atoms with Gasteiger partial charge >= 0.3 is 5.97 Å². The van der Waals surface area contributed by atoms with Crippen molar-refractivity contribution in [2.24, 2.45) is 0 Å². The summed E-state index contributed by atoms with van der Waals surface area (Å²) < 4.78 is 16.3. The topological polar surface area (TPSA) is 48.0 Å². The first kappa shape index (κ1) is 16.1. The maximum Gasteiger partial charge on any atom is 0.320 e. The number of morpholine rings is 1. The predicted molar refractivity (Wildman–Crippen MR) is 79.8 cm³/mol. The van der Waals surface area contributed by atoms with Crippen LogP contribution in [0.5, 0.6) is 5.75 Å². The van der Waals surface area contributed by atoms with Crippen molar-refractivity contribution in [2.45, 2.75) is 13.0 Å². The molecule has 1 saturated heterocycles. The smallest absolute Gasteiger partial charge is 0.320 e. The molecule has 0 N–H and O–H groups in total. The molecular weight excluding hydrogens is 294 g/mol. The van der Waals surface area contributed by atoms with Crippen molar-refractivity contribution in [3.8, 4) is 5.75 Å². The fourth-order valence-corrected chi connectivity index (χ4v) is 2.35. The monoisotopic (exact) mass is 313 g/mol. The van der Waals surface area contributed by atoms with Gasteiger partial charge in [0.2, 0.25) is 0 Å². The van der Waals surface area contributed by atoms with Crippen LogP contribution in [0.1, 0.15) is 6.92 Å². The molecule has 5 nitrogen and oxygen atoms in total. The van der Waals surface area contributed by atoms with E-state index in [1.54, 1.807) is 13.0 Å². The van der Waals surface area contributed by atoms with Crippen molar-refractivity contribution < 1.29 is 19.0 Å². The Labute approximate surface area is 129 Å². The number of nitrogens with zero attached hydrogens (tertiary/aromatic N) is 1. The lowest BCUT2D eigenvalue weighted by Crippen LogP contribution is -2.47. The largest absolute Gasteiger partial charge is 0.489 e. The standard InChI is InChI=1S/C15H20ClNO4/c1-2-19-15(18)10-17-7-8-20-12(9-17)11-21-14-6-4-3-5-13(14)16/h3-6,12H,2,7-11H2,1H3/t12-/m1/s1. The zero-order chi connectivity index (χ0) is 15.1. The van der Waals surface area contributed by atoms with E-state index in [0.29, 0.717) is 43.7 Å². The molecule has 0 spiro atoms. The Balaban J connectivity index is 1.79. The van der Waals surface area contributed by atoms with E-state index in [9.17, 15) is 4.79 Å². The lowest BCUT2D eigenvalue weighted by molar-refractivity contribution is -0.146. The van der Waals surface area contributed by atoms with Crippen molar-refractivity contribution in [2.75, 3.05) is 39.5 Å². The second-order valence-electron chi connectivity index (χ2n) is 4.77. The van der Waals surface area contributed by atoms with Gasteiger partial charge in [0.1, 0.15) is 18.5 Å². The highest BCUT2D eigenvalue weighted by molar-refractivity contribution is 6.32. The van der Waals surface area contributed by atoms with Crippen LogP contribution in [0.15, 0.2) is 24.3 Å². The molecule has 0 amide bonds. The summed E-state index contributed by atoms with van der Waals surface area (Å²) in [4.78, 5) is 13.5.